The van der Waals surface area contributed by atoms with Gasteiger partial charge in [-0.3, -0.25) is 5.10 Å². The average Bonchev–Trinajstić information content (AvgIpc) is 2.90. The molecule has 0 bridgehead atoms. The van der Waals surface area contributed by atoms with Crippen molar-refractivity contribution in [1.29, 1.82) is 0 Å². The monoisotopic (exact) mass is 295 g/mol. The molecule has 1 heterocycles. The first-order valence-corrected chi connectivity index (χ1v) is 7.54. The number of hydrogen-bond acceptors (Lipinski definition) is 4. The number of aryl methyl sites for hydroxylation is 1. The molecule has 6 nitrogen and oxygen atoms in total. The highest BCUT2D eigenvalue weighted by Gasteiger charge is 2.26. The van der Waals surface area contributed by atoms with E-state index in [4.69, 9.17) is 5.11 Å². The van der Waals surface area contributed by atoms with Crippen LogP contribution in [-0.2, 0) is 23.2 Å². The Hall–Kier alpha value is -1.70. The van der Waals surface area contributed by atoms with Gasteiger partial charge >= 0.3 is 0 Å². The molecule has 0 aliphatic rings. The minimum Gasteiger partial charge on any atom is -0.392 e. The summed E-state index contributed by atoms with van der Waals surface area (Å²) < 4.78 is 26.1. The van der Waals surface area contributed by atoms with Crippen LogP contribution in [-0.4, -0.2) is 35.1 Å². The Morgan fingerprint density at radius 3 is 2.65 bits per heavy atom. The second-order valence-corrected chi connectivity index (χ2v) is 6.55. The molecule has 0 unspecified atom stereocenters. The second-order valence-electron chi connectivity index (χ2n) is 4.57. The van der Waals surface area contributed by atoms with E-state index in [1.165, 1.54) is 17.5 Å². The predicted molar refractivity (Wildman–Crippen MR) is 74.3 cm³/mol. The molecule has 108 valence electrons. The molecule has 2 aromatic rings. The van der Waals surface area contributed by atoms with Gasteiger partial charge in [-0.25, -0.2) is 8.42 Å². The van der Waals surface area contributed by atoms with E-state index < -0.39 is 10.0 Å². The summed E-state index contributed by atoms with van der Waals surface area (Å²) in [5, 5.41) is 15.2. The minimum atomic E-state index is -3.70. The molecule has 0 spiro atoms. The maximum atomic E-state index is 12.4. The molecular weight excluding hydrogens is 278 g/mol. The zero-order valence-corrected chi connectivity index (χ0v) is 12.2. The fraction of sp³-hybridized carbons (Fsp3) is 0.308. The van der Waals surface area contributed by atoms with Gasteiger partial charge in [-0.2, -0.15) is 9.40 Å². The Kier molecular flexibility index (Phi) is 4.22. The number of aromatic nitrogens is 2. The highest BCUT2D eigenvalue weighted by atomic mass is 32.2. The maximum Gasteiger partial charge on any atom is 0.260 e. The summed E-state index contributed by atoms with van der Waals surface area (Å²) in [7, 11) is -2.19. The van der Waals surface area contributed by atoms with E-state index in [1.54, 1.807) is 0 Å². The summed E-state index contributed by atoms with van der Waals surface area (Å²) in [6.45, 7) is 1.83. The first-order chi connectivity index (χ1) is 9.46. The molecule has 20 heavy (non-hydrogen) atoms. The van der Waals surface area contributed by atoms with Crippen LogP contribution in [0.1, 0.15) is 16.7 Å². The number of H-pyrrole nitrogens is 1. The van der Waals surface area contributed by atoms with E-state index in [-0.39, 0.29) is 23.7 Å². The van der Waals surface area contributed by atoms with Crippen LogP contribution in [0.2, 0.25) is 0 Å². The van der Waals surface area contributed by atoms with Gasteiger partial charge in [0.15, 0.2) is 5.03 Å². The molecule has 7 heteroatoms. The molecule has 0 fully saturated rings. The highest BCUT2D eigenvalue weighted by molar-refractivity contribution is 7.89. The summed E-state index contributed by atoms with van der Waals surface area (Å²) in [6, 6.07) is 7.61. The van der Waals surface area contributed by atoms with Gasteiger partial charge in [0.2, 0.25) is 0 Å². The lowest BCUT2D eigenvalue weighted by Crippen LogP contribution is -2.28. The number of benzene rings is 1. The molecule has 0 aliphatic carbocycles. The van der Waals surface area contributed by atoms with Gasteiger partial charge in [0, 0.05) is 19.2 Å². The minimum absolute atomic E-state index is 0.0592. The fourth-order valence-corrected chi connectivity index (χ4v) is 3.14. The molecule has 1 aromatic heterocycles. The van der Waals surface area contributed by atoms with Crippen molar-refractivity contribution >= 4 is 10.0 Å². The first-order valence-electron chi connectivity index (χ1n) is 6.10. The van der Waals surface area contributed by atoms with Crippen molar-refractivity contribution in [2.24, 2.45) is 0 Å². The van der Waals surface area contributed by atoms with Crippen molar-refractivity contribution in [3.05, 3.63) is 47.2 Å². The van der Waals surface area contributed by atoms with Gasteiger partial charge in [-0.1, -0.05) is 24.3 Å². The van der Waals surface area contributed by atoms with Crippen LogP contribution in [0.3, 0.4) is 0 Å². The third kappa shape index (κ3) is 2.74. The van der Waals surface area contributed by atoms with Crippen LogP contribution < -0.4 is 0 Å². The summed E-state index contributed by atoms with van der Waals surface area (Å²) in [4.78, 5) is 0. The van der Waals surface area contributed by atoms with Gasteiger partial charge in [0.1, 0.15) is 0 Å². The van der Waals surface area contributed by atoms with Crippen molar-refractivity contribution < 1.29 is 13.5 Å². The second kappa shape index (κ2) is 5.74. The van der Waals surface area contributed by atoms with Crippen LogP contribution >= 0.6 is 0 Å². The average molecular weight is 295 g/mol. The Labute approximate surface area is 118 Å². The Balaban J connectivity index is 2.29. The Morgan fingerprint density at radius 1 is 1.30 bits per heavy atom. The van der Waals surface area contributed by atoms with Crippen molar-refractivity contribution in [2.45, 2.75) is 25.1 Å². The van der Waals surface area contributed by atoms with Crippen LogP contribution in [0.15, 0.2) is 35.5 Å². The summed E-state index contributed by atoms with van der Waals surface area (Å²) in [5.74, 6) is 0. The third-order valence-corrected chi connectivity index (χ3v) is 4.99. The van der Waals surface area contributed by atoms with Crippen LogP contribution in [0.5, 0.6) is 0 Å². The molecule has 0 atom stereocenters. The summed E-state index contributed by atoms with van der Waals surface area (Å²) in [5.41, 5.74) is 2.23. The van der Waals surface area contributed by atoms with Crippen molar-refractivity contribution in [2.75, 3.05) is 7.05 Å². The van der Waals surface area contributed by atoms with E-state index in [0.717, 1.165) is 11.1 Å². The molecule has 0 amide bonds. The number of nitrogens with one attached hydrogen (secondary N) is 1. The van der Waals surface area contributed by atoms with Crippen LogP contribution in [0.4, 0.5) is 0 Å². The standard InChI is InChI=1S/C13H17N3O3S/c1-10-5-3-4-6-11(10)8-16(2)20(18,19)13-12(9-17)7-14-15-13/h3-7,17H,8-9H2,1-2H3,(H,14,15). The number of aliphatic hydroxyl groups is 1. The number of nitrogens with zero attached hydrogens (tertiary/aromatic N) is 2. The van der Waals surface area contributed by atoms with E-state index >= 15 is 0 Å². The van der Waals surface area contributed by atoms with Crippen molar-refractivity contribution in [3.63, 3.8) is 0 Å². The SMILES string of the molecule is Cc1ccccc1CN(C)S(=O)(=O)c1[nH]ncc1CO. The zero-order chi connectivity index (χ0) is 14.8. The predicted octanol–water partition coefficient (Wildman–Crippen LogP) is 1.03. The van der Waals surface area contributed by atoms with Gasteiger partial charge in [-0.15, -0.1) is 0 Å². The summed E-state index contributed by atoms with van der Waals surface area (Å²) in [6.07, 6.45) is 1.31. The van der Waals surface area contributed by atoms with Crippen LogP contribution in [0, 0.1) is 6.92 Å². The fourth-order valence-electron chi connectivity index (χ4n) is 1.90. The number of aromatic amines is 1. The quantitative estimate of drug-likeness (QED) is 0.862. The molecule has 0 radical (unpaired) electrons. The largest absolute Gasteiger partial charge is 0.392 e. The number of rotatable bonds is 5. The van der Waals surface area contributed by atoms with E-state index in [0.29, 0.717) is 0 Å². The zero-order valence-electron chi connectivity index (χ0n) is 11.4. The van der Waals surface area contributed by atoms with Crippen molar-refractivity contribution in [3.8, 4) is 0 Å². The van der Waals surface area contributed by atoms with E-state index in [2.05, 4.69) is 10.2 Å². The van der Waals surface area contributed by atoms with Gasteiger partial charge in [0.05, 0.1) is 12.8 Å². The van der Waals surface area contributed by atoms with Gasteiger partial charge in [-0.05, 0) is 18.1 Å². The number of aliphatic hydroxyl groups excluding tert-OH is 1. The number of hydrogen-bond donors (Lipinski definition) is 2. The molecule has 2 rings (SSSR count). The van der Waals surface area contributed by atoms with E-state index in [1.807, 2.05) is 31.2 Å². The molecule has 0 saturated heterocycles. The Bertz CT molecular complexity index is 694. The normalized spacial score (nSPS) is 12.0. The molecule has 0 aliphatic heterocycles. The van der Waals surface area contributed by atoms with Gasteiger partial charge < -0.3 is 5.11 Å². The highest BCUT2D eigenvalue weighted by Crippen LogP contribution is 2.19. The topological polar surface area (TPSA) is 86.3 Å². The first kappa shape index (κ1) is 14.7. The lowest BCUT2D eigenvalue weighted by atomic mass is 10.1. The molecule has 0 saturated carbocycles. The lowest BCUT2D eigenvalue weighted by Gasteiger charge is -2.18. The molecular formula is C13H17N3O3S. The van der Waals surface area contributed by atoms with Gasteiger partial charge in [0.25, 0.3) is 10.0 Å². The number of sulfonamides is 1. The maximum absolute atomic E-state index is 12.4. The Morgan fingerprint density at radius 2 is 2.00 bits per heavy atom. The lowest BCUT2D eigenvalue weighted by molar-refractivity contribution is 0.278. The molecule has 1 aromatic carbocycles. The smallest absolute Gasteiger partial charge is 0.260 e. The molecule has 2 N–H and O–H groups in total. The third-order valence-electron chi connectivity index (χ3n) is 3.17. The van der Waals surface area contributed by atoms with Crippen molar-refractivity contribution in [1.82, 2.24) is 14.5 Å². The van der Waals surface area contributed by atoms with E-state index in [9.17, 15) is 8.42 Å². The van der Waals surface area contributed by atoms with Crippen LogP contribution in [0.25, 0.3) is 0 Å². The summed E-state index contributed by atoms with van der Waals surface area (Å²) >= 11 is 0.